The highest BCUT2D eigenvalue weighted by atomic mass is 16.2. The Morgan fingerprint density at radius 1 is 1.47 bits per heavy atom. The van der Waals surface area contributed by atoms with Crippen LogP contribution in [0.3, 0.4) is 0 Å². The first-order valence-corrected chi connectivity index (χ1v) is 6.06. The van der Waals surface area contributed by atoms with E-state index < -0.39 is 0 Å². The molecule has 3 unspecified atom stereocenters. The molecule has 1 saturated carbocycles. The van der Waals surface area contributed by atoms with Gasteiger partial charge in [-0.3, -0.25) is 4.79 Å². The van der Waals surface area contributed by atoms with E-state index in [1.165, 1.54) is 6.42 Å². The van der Waals surface area contributed by atoms with Crippen molar-refractivity contribution in [3.63, 3.8) is 0 Å². The Labute approximate surface area is 93.0 Å². The van der Waals surface area contributed by atoms with Gasteiger partial charge in [-0.1, -0.05) is 13.8 Å². The number of rotatable bonds is 3. The molecule has 0 aliphatic heterocycles. The van der Waals surface area contributed by atoms with Gasteiger partial charge in [0.15, 0.2) is 0 Å². The maximum absolute atomic E-state index is 12.1. The summed E-state index contributed by atoms with van der Waals surface area (Å²) in [4.78, 5) is 13.9. The summed E-state index contributed by atoms with van der Waals surface area (Å²) in [6.45, 7) is 5.15. The van der Waals surface area contributed by atoms with E-state index in [0.717, 1.165) is 25.8 Å². The van der Waals surface area contributed by atoms with Crippen molar-refractivity contribution in [2.45, 2.75) is 45.6 Å². The standard InChI is InChI=1S/C12H24N2O/c1-4-7-14(3)12(15)10-8-9(2)5-6-11(10)13/h9-11H,4-8,13H2,1-3H3. The Morgan fingerprint density at radius 2 is 2.13 bits per heavy atom. The summed E-state index contributed by atoms with van der Waals surface area (Å²) in [6.07, 6.45) is 4.15. The molecule has 3 atom stereocenters. The topological polar surface area (TPSA) is 46.3 Å². The van der Waals surface area contributed by atoms with Crippen molar-refractivity contribution in [2.24, 2.45) is 17.6 Å². The van der Waals surface area contributed by atoms with Crippen LogP contribution in [-0.2, 0) is 4.79 Å². The molecule has 3 nitrogen and oxygen atoms in total. The van der Waals surface area contributed by atoms with Gasteiger partial charge in [0, 0.05) is 19.6 Å². The van der Waals surface area contributed by atoms with Gasteiger partial charge in [-0.15, -0.1) is 0 Å². The molecule has 0 aromatic rings. The molecule has 0 aromatic heterocycles. The van der Waals surface area contributed by atoms with Crippen LogP contribution in [0.5, 0.6) is 0 Å². The fourth-order valence-electron chi connectivity index (χ4n) is 2.42. The molecule has 0 spiro atoms. The Bertz CT molecular complexity index is 218. The smallest absolute Gasteiger partial charge is 0.226 e. The van der Waals surface area contributed by atoms with E-state index in [9.17, 15) is 4.79 Å². The highest BCUT2D eigenvalue weighted by Crippen LogP contribution is 2.29. The summed E-state index contributed by atoms with van der Waals surface area (Å²) in [5.41, 5.74) is 6.03. The van der Waals surface area contributed by atoms with Crippen molar-refractivity contribution in [2.75, 3.05) is 13.6 Å². The average Bonchev–Trinajstić information content (AvgIpc) is 2.21. The molecule has 0 aromatic carbocycles. The van der Waals surface area contributed by atoms with Gasteiger partial charge in [0.1, 0.15) is 0 Å². The third-order valence-corrected chi connectivity index (χ3v) is 3.42. The fraction of sp³-hybridized carbons (Fsp3) is 0.917. The molecule has 0 radical (unpaired) electrons. The highest BCUT2D eigenvalue weighted by Gasteiger charge is 2.32. The monoisotopic (exact) mass is 212 g/mol. The summed E-state index contributed by atoms with van der Waals surface area (Å²) >= 11 is 0. The SMILES string of the molecule is CCCN(C)C(=O)C1CC(C)CCC1N. The van der Waals surface area contributed by atoms with Crippen molar-refractivity contribution in [1.82, 2.24) is 4.90 Å². The number of carbonyl (C=O) groups excluding carboxylic acids is 1. The van der Waals surface area contributed by atoms with Gasteiger partial charge < -0.3 is 10.6 Å². The number of hydrogen-bond donors (Lipinski definition) is 1. The van der Waals surface area contributed by atoms with E-state index in [4.69, 9.17) is 5.73 Å². The average molecular weight is 212 g/mol. The van der Waals surface area contributed by atoms with Crippen molar-refractivity contribution < 1.29 is 4.79 Å². The van der Waals surface area contributed by atoms with E-state index in [1.54, 1.807) is 0 Å². The predicted octanol–water partition coefficient (Wildman–Crippen LogP) is 1.62. The number of carbonyl (C=O) groups is 1. The summed E-state index contributed by atoms with van der Waals surface area (Å²) in [5.74, 6) is 0.954. The van der Waals surface area contributed by atoms with Crippen LogP contribution in [0.4, 0.5) is 0 Å². The van der Waals surface area contributed by atoms with Crippen LogP contribution >= 0.6 is 0 Å². The van der Waals surface area contributed by atoms with Gasteiger partial charge in [0.05, 0.1) is 5.92 Å². The second-order valence-corrected chi connectivity index (χ2v) is 4.95. The molecule has 2 N–H and O–H groups in total. The number of hydrogen-bond acceptors (Lipinski definition) is 2. The maximum Gasteiger partial charge on any atom is 0.226 e. The number of amides is 1. The van der Waals surface area contributed by atoms with Crippen LogP contribution in [0, 0.1) is 11.8 Å². The van der Waals surface area contributed by atoms with Gasteiger partial charge in [0.2, 0.25) is 5.91 Å². The van der Waals surface area contributed by atoms with Crippen LogP contribution in [0.1, 0.15) is 39.5 Å². The van der Waals surface area contributed by atoms with Crippen molar-refractivity contribution in [3.8, 4) is 0 Å². The molecule has 88 valence electrons. The summed E-state index contributed by atoms with van der Waals surface area (Å²) in [7, 11) is 1.89. The molecular formula is C12H24N2O. The van der Waals surface area contributed by atoms with Crippen LogP contribution in [0.15, 0.2) is 0 Å². The van der Waals surface area contributed by atoms with E-state index >= 15 is 0 Å². The Hall–Kier alpha value is -0.570. The molecule has 0 bridgehead atoms. The lowest BCUT2D eigenvalue weighted by molar-refractivity contribution is -0.136. The minimum Gasteiger partial charge on any atom is -0.345 e. The zero-order valence-corrected chi connectivity index (χ0v) is 10.2. The Morgan fingerprint density at radius 3 is 2.73 bits per heavy atom. The summed E-state index contributed by atoms with van der Waals surface area (Å²) < 4.78 is 0. The molecule has 15 heavy (non-hydrogen) atoms. The molecule has 1 amide bonds. The second kappa shape index (κ2) is 5.50. The lowest BCUT2D eigenvalue weighted by Gasteiger charge is -2.34. The normalized spacial score (nSPS) is 31.3. The molecule has 0 heterocycles. The van der Waals surface area contributed by atoms with Gasteiger partial charge in [-0.25, -0.2) is 0 Å². The summed E-state index contributed by atoms with van der Waals surface area (Å²) in [6, 6.07) is 0.0769. The quantitative estimate of drug-likeness (QED) is 0.772. The van der Waals surface area contributed by atoms with Gasteiger partial charge in [-0.2, -0.15) is 0 Å². The third-order valence-electron chi connectivity index (χ3n) is 3.42. The minimum atomic E-state index is 0.0605. The lowest BCUT2D eigenvalue weighted by Crippen LogP contribution is -2.46. The molecule has 0 saturated heterocycles. The third kappa shape index (κ3) is 3.20. The van der Waals surface area contributed by atoms with Crippen molar-refractivity contribution >= 4 is 5.91 Å². The molecule has 1 aliphatic carbocycles. The van der Waals surface area contributed by atoms with Crippen LogP contribution in [0.25, 0.3) is 0 Å². The van der Waals surface area contributed by atoms with Gasteiger partial charge in [0.25, 0.3) is 0 Å². The molecule has 1 aliphatic rings. The van der Waals surface area contributed by atoms with Crippen LogP contribution < -0.4 is 5.73 Å². The first-order chi connectivity index (χ1) is 7.06. The number of nitrogens with zero attached hydrogens (tertiary/aromatic N) is 1. The van der Waals surface area contributed by atoms with E-state index in [2.05, 4.69) is 13.8 Å². The maximum atomic E-state index is 12.1. The molecule has 1 fully saturated rings. The predicted molar refractivity (Wildman–Crippen MR) is 62.4 cm³/mol. The van der Waals surface area contributed by atoms with Gasteiger partial charge in [-0.05, 0) is 31.6 Å². The highest BCUT2D eigenvalue weighted by molar-refractivity contribution is 5.79. The molecule has 3 heteroatoms. The fourth-order valence-corrected chi connectivity index (χ4v) is 2.42. The first-order valence-electron chi connectivity index (χ1n) is 6.06. The van der Waals surface area contributed by atoms with Gasteiger partial charge >= 0.3 is 0 Å². The van der Waals surface area contributed by atoms with E-state index in [0.29, 0.717) is 5.92 Å². The summed E-state index contributed by atoms with van der Waals surface area (Å²) in [5, 5.41) is 0. The van der Waals surface area contributed by atoms with Crippen LogP contribution in [-0.4, -0.2) is 30.4 Å². The molecule has 1 rings (SSSR count). The number of nitrogens with two attached hydrogens (primary N) is 1. The largest absolute Gasteiger partial charge is 0.345 e. The van der Waals surface area contributed by atoms with Crippen LogP contribution in [0.2, 0.25) is 0 Å². The van der Waals surface area contributed by atoms with Crippen molar-refractivity contribution in [3.05, 3.63) is 0 Å². The minimum absolute atomic E-state index is 0.0605. The Balaban J connectivity index is 2.56. The van der Waals surface area contributed by atoms with E-state index in [1.807, 2.05) is 11.9 Å². The zero-order chi connectivity index (χ0) is 11.4. The second-order valence-electron chi connectivity index (χ2n) is 4.95. The first kappa shape index (κ1) is 12.5. The van der Waals surface area contributed by atoms with Crippen molar-refractivity contribution in [1.29, 1.82) is 0 Å². The van der Waals surface area contributed by atoms with E-state index in [-0.39, 0.29) is 17.9 Å². The molecular weight excluding hydrogens is 188 g/mol. The zero-order valence-electron chi connectivity index (χ0n) is 10.2. The Kier molecular flexibility index (Phi) is 4.58. The lowest BCUT2D eigenvalue weighted by atomic mass is 9.78.